The maximum Gasteiger partial charge on any atom is 0.254 e. The minimum Gasteiger partial charge on any atom is -0.345 e. The summed E-state index contributed by atoms with van der Waals surface area (Å²) < 4.78 is 13.2. The molecule has 0 saturated heterocycles. The topological polar surface area (TPSA) is 42.0 Å². The first-order valence-corrected chi connectivity index (χ1v) is 7.85. The number of amides is 1. The van der Waals surface area contributed by atoms with Gasteiger partial charge in [0.1, 0.15) is 11.0 Å². The molecule has 1 aliphatic rings. The van der Waals surface area contributed by atoms with Crippen LogP contribution in [0.4, 0.5) is 4.39 Å². The molecule has 1 aromatic heterocycles. The number of nitrogens with one attached hydrogen (secondary N) is 1. The number of fused-ring (bicyclic) bond motifs is 1. The molecule has 1 unspecified atom stereocenters. The smallest absolute Gasteiger partial charge is 0.254 e. The number of nitrogens with zero attached hydrogens (tertiary/aromatic N) is 1. The van der Waals surface area contributed by atoms with Crippen LogP contribution in [-0.2, 0) is 0 Å². The van der Waals surface area contributed by atoms with Gasteiger partial charge in [-0.25, -0.2) is 9.37 Å². The van der Waals surface area contributed by atoms with Gasteiger partial charge in [0.2, 0.25) is 0 Å². The second-order valence-electron chi connectivity index (χ2n) is 4.69. The second-order valence-corrected chi connectivity index (χ2v) is 6.19. The van der Waals surface area contributed by atoms with Gasteiger partial charge in [-0.05, 0) is 24.1 Å². The number of benzene rings is 1. The van der Waals surface area contributed by atoms with Gasteiger partial charge in [0.15, 0.2) is 0 Å². The normalized spacial score (nSPS) is 17.1. The molecule has 0 aliphatic carbocycles. The molecule has 3 nitrogen and oxygen atoms in total. The lowest BCUT2D eigenvalue weighted by atomic mass is 10.0. The first-order chi connectivity index (χ1) is 10.1. The van der Waals surface area contributed by atoms with Gasteiger partial charge in [-0.2, -0.15) is 0 Å². The minimum absolute atomic E-state index is 0.00682. The van der Waals surface area contributed by atoms with E-state index < -0.39 is 11.7 Å². The van der Waals surface area contributed by atoms with Crippen molar-refractivity contribution in [2.75, 3.05) is 5.75 Å². The summed E-state index contributed by atoms with van der Waals surface area (Å²) in [5.74, 6) is -0.0558. The number of rotatable bonds is 2. The maximum absolute atomic E-state index is 13.2. The van der Waals surface area contributed by atoms with Gasteiger partial charge in [0, 0.05) is 10.6 Å². The van der Waals surface area contributed by atoms with E-state index in [1.165, 1.54) is 0 Å². The summed E-state index contributed by atoms with van der Waals surface area (Å²) in [6, 6.07) is 8.97. The van der Waals surface area contributed by atoms with Gasteiger partial charge >= 0.3 is 0 Å². The van der Waals surface area contributed by atoms with Crippen LogP contribution in [0.1, 0.15) is 28.4 Å². The fourth-order valence-corrected chi connectivity index (χ4v) is 3.62. The lowest BCUT2D eigenvalue weighted by molar-refractivity contribution is 0.0934. The molecule has 0 saturated carbocycles. The molecule has 0 fully saturated rings. The Kier molecular flexibility index (Phi) is 4.12. The van der Waals surface area contributed by atoms with Crippen LogP contribution in [-0.4, -0.2) is 16.6 Å². The molecule has 3 rings (SSSR count). The van der Waals surface area contributed by atoms with E-state index in [0.717, 1.165) is 34.9 Å². The second kappa shape index (κ2) is 6.03. The number of hydrogen-bond acceptors (Lipinski definition) is 3. The van der Waals surface area contributed by atoms with Gasteiger partial charge in [-0.15, -0.1) is 11.8 Å². The highest BCUT2D eigenvalue weighted by atomic mass is 35.5. The number of hydrogen-bond donors (Lipinski definition) is 1. The Morgan fingerprint density at radius 3 is 3.10 bits per heavy atom. The molecular weight excluding hydrogens is 311 g/mol. The summed E-state index contributed by atoms with van der Waals surface area (Å²) in [6.07, 6.45) is 1.82. The lowest BCUT2D eigenvalue weighted by Gasteiger charge is -2.26. The van der Waals surface area contributed by atoms with Crippen LogP contribution in [0.2, 0.25) is 5.15 Å². The third kappa shape index (κ3) is 3.04. The Morgan fingerprint density at radius 1 is 1.43 bits per heavy atom. The zero-order valence-electron chi connectivity index (χ0n) is 11.0. The quantitative estimate of drug-likeness (QED) is 0.854. The fourth-order valence-electron chi connectivity index (χ4n) is 2.31. The van der Waals surface area contributed by atoms with Crippen molar-refractivity contribution in [3.8, 4) is 0 Å². The molecule has 0 bridgehead atoms. The summed E-state index contributed by atoms with van der Waals surface area (Å²) in [6.45, 7) is 0. The van der Waals surface area contributed by atoms with Gasteiger partial charge in [0.25, 0.3) is 5.91 Å². The summed E-state index contributed by atoms with van der Waals surface area (Å²) in [5.41, 5.74) is 1.15. The molecule has 1 N–H and O–H groups in total. The molecule has 2 aromatic rings. The van der Waals surface area contributed by atoms with Gasteiger partial charge in [-0.1, -0.05) is 29.8 Å². The van der Waals surface area contributed by atoms with E-state index >= 15 is 0 Å². The average molecular weight is 323 g/mol. The molecule has 6 heteroatoms. The van der Waals surface area contributed by atoms with Crippen molar-refractivity contribution in [3.63, 3.8) is 0 Å². The number of pyridine rings is 1. The van der Waals surface area contributed by atoms with Crippen LogP contribution in [0.3, 0.4) is 0 Å². The average Bonchev–Trinajstić information content (AvgIpc) is 2.50. The molecule has 0 spiro atoms. The van der Waals surface area contributed by atoms with Crippen LogP contribution in [0.15, 0.2) is 41.4 Å². The van der Waals surface area contributed by atoms with Crippen molar-refractivity contribution in [1.29, 1.82) is 0 Å². The third-order valence-electron chi connectivity index (χ3n) is 3.31. The SMILES string of the molecule is O=C(NC1CCSc2ccccc21)c1cc(F)cnc1Cl. The van der Waals surface area contributed by atoms with Crippen molar-refractivity contribution < 1.29 is 9.18 Å². The summed E-state index contributed by atoms with van der Waals surface area (Å²) >= 11 is 7.64. The fraction of sp³-hybridized carbons (Fsp3) is 0.200. The van der Waals surface area contributed by atoms with E-state index in [1.807, 2.05) is 24.3 Å². The Bertz CT molecular complexity index is 695. The van der Waals surface area contributed by atoms with E-state index in [4.69, 9.17) is 11.6 Å². The number of thioether (sulfide) groups is 1. The van der Waals surface area contributed by atoms with Gasteiger partial charge in [-0.3, -0.25) is 4.79 Å². The van der Waals surface area contributed by atoms with Crippen LogP contribution in [0.5, 0.6) is 0 Å². The van der Waals surface area contributed by atoms with E-state index in [1.54, 1.807) is 11.8 Å². The highest BCUT2D eigenvalue weighted by Crippen LogP contribution is 2.36. The zero-order valence-corrected chi connectivity index (χ0v) is 12.5. The van der Waals surface area contributed by atoms with Crippen LogP contribution < -0.4 is 5.32 Å². The third-order valence-corrected chi connectivity index (χ3v) is 4.74. The molecule has 1 amide bonds. The van der Waals surface area contributed by atoms with E-state index in [9.17, 15) is 9.18 Å². The number of aromatic nitrogens is 1. The number of carbonyl (C=O) groups excluding carboxylic acids is 1. The standard InChI is InChI=1S/C15H12ClFN2OS/c16-14-11(7-9(17)8-18-14)15(20)19-12-5-6-21-13-4-2-1-3-10(12)13/h1-4,7-8,12H,5-6H2,(H,19,20). The number of carbonyl (C=O) groups is 1. The Balaban J connectivity index is 1.84. The Morgan fingerprint density at radius 2 is 2.24 bits per heavy atom. The molecule has 1 aliphatic heterocycles. The monoisotopic (exact) mass is 322 g/mol. The largest absolute Gasteiger partial charge is 0.345 e. The summed E-state index contributed by atoms with van der Waals surface area (Å²) in [7, 11) is 0. The van der Waals surface area contributed by atoms with Gasteiger partial charge < -0.3 is 5.32 Å². The Hall–Kier alpha value is -1.59. The molecule has 108 valence electrons. The molecule has 2 heterocycles. The van der Waals surface area contributed by atoms with E-state index in [2.05, 4.69) is 10.3 Å². The van der Waals surface area contributed by atoms with Crippen molar-refractivity contribution >= 4 is 29.3 Å². The Labute approximate surface area is 130 Å². The predicted molar refractivity (Wildman–Crippen MR) is 81.2 cm³/mol. The number of halogens is 2. The predicted octanol–water partition coefficient (Wildman–Crippen LogP) is 3.84. The van der Waals surface area contributed by atoms with Crippen LogP contribution in [0, 0.1) is 5.82 Å². The van der Waals surface area contributed by atoms with Crippen LogP contribution >= 0.6 is 23.4 Å². The van der Waals surface area contributed by atoms with E-state index in [-0.39, 0.29) is 16.8 Å². The maximum atomic E-state index is 13.2. The van der Waals surface area contributed by atoms with Crippen molar-refractivity contribution in [2.24, 2.45) is 0 Å². The molecule has 21 heavy (non-hydrogen) atoms. The van der Waals surface area contributed by atoms with Crippen LogP contribution in [0.25, 0.3) is 0 Å². The molecule has 0 radical (unpaired) electrons. The first-order valence-electron chi connectivity index (χ1n) is 6.49. The molecule has 1 atom stereocenters. The van der Waals surface area contributed by atoms with Crippen molar-refractivity contribution in [2.45, 2.75) is 17.4 Å². The van der Waals surface area contributed by atoms with E-state index in [0.29, 0.717) is 0 Å². The molecular formula is C15H12ClFN2OS. The van der Waals surface area contributed by atoms with Crippen molar-refractivity contribution in [3.05, 3.63) is 58.6 Å². The van der Waals surface area contributed by atoms with Crippen molar-refractivity contribution in [1.82, 2.24) is 10.3 Å². The molecule has 1 aromatic carbocycles. The highest BCUT2D eigenvalue weighted by Gasteiger charge is 2.23. The zero-order chi connectivity index (χ0) is 14.8. The summed E-state index contributed by atoms with van der Waals surface area (Å²) in [4.78, 5) is 17.1. The minimum atomic E-state index is -0.579. The summed E-state index contributed by atoms with van der Waals surface area (Å²) in [5, 5.41) is 2.92. The first kappa shape index (κ1) is 14.4. The van der Waals surface area contributed by atoms with Gasteiger partial charge in [0.05, 0.1) is 17.8 Å². The lowest BCUT2D eigenvalue weighted by Crippen LogP contribution is -2.31. The highest BCUT2D eigenvalue weighted by molar-refractivity contribution is 7.99.